The Morgan fingerprint density at radius 3 is 2.75 bits per heavy atom. The SMILES string of the molecule is CCCC(C)(CNCC)CN(Cc1cccs1)C1CC1. The third-order valence-corrected chi connectivity index (χ3v) is 5.10. The van der Waals surface area contributed by atoms with Crippen LogP contribution in [0.3, 0.4) is 0 Å². The summed E-state index contributed by atoms with van der Waals surface area (Å²) in [6.45, 7) is 11.6. The lowest BCUT2D eigenvalue weighted by Crippen LogP contribution is -2.43. The monoisotopic (exact) mass is 294 g/mol. The molecule has 1 aromatic rings. The van der Waals surface area contributed by atoms with Gasteiger partial charge < -0.3 is 5.32 Å². The van der Waals surface area contributed by atoms with Crippen LogP contribution in [0.2, 0.25) is 0 Å². The average Bonchev–Trinajstić information content (AvgIpc) is 3.15. The van der Waals surface area contributed by atoms with Gasteiger partial charge in [0.2, 0.25) is 0 Å². The van der Waals surface area contributed by atoms with Gasteiger partial charge in [-0.25, -0.2) is 0 Å². The molecule has 1 atom stereocenters. The van der Waals surface area contributed by atoms with Crippen LogP contribution in [0.15, 0.2) is 17.5 Å². The number of thiophene rings is 1. The number of hydrogen-bond donors (Lipinski definition) is 1. The van der Waals surface area contributed by atoms with Crippen molar-refractivity contribution in [1.82, 2.24) is 10.2 Å². The standard InChI is InChI=1S/C17H30N2S/c1-4-10-17(3,13-18-5-2)14-19(15-8-9-15)12-16-7-6-11-20-16/h6-7,11,15,18H,4-5,8-10,12-14H2,1-3H3. The van der Waals surface area contributed by atoms with E-state index in [9.17, 15) is 0 Å². The Morgan fingerprint density at radius 2 is 2.20 bits per heavy atom. The fraction of sp³-hybridized carbons (Fsp3) is 0.765. The van der Waals surface area contributed by atoms with Crippen molar-refractivity contribution in [2.75, 3.05) is 19.6 Å². The lowest BCUT2D eigenvalue weighted by Gasteiger charge is -2.36. The quantitative estimate of drug-likeness (QED) is 0.698. The van der Waals surface area contributed by atoms with E-state index in [0.717, 1.165) is 25.7 Å². The molecule has 0 spiro atoms. The zero-order chi connectivity index (χ0) is 14.4. The molecule has 1 N–H and O–H groups in total. The smallest absolute Gasteiger partial charge is 0.0331 e. The highest BCUT2D eigenvalue weighted by atomic mass is 32.1. The van der Waals surface area contributed by atoms with E-state index >= 15 is 0 Å². The van der Waals surface area contributed by atoms with Crippen LogP contribution in [-0.2, 0) is 6.54 Å². The first-order chi connectivity index (χ1) is 9.67. The topological polar surface area (TPSA) is 15.3 Å². The summed E-state index contributed by atoms with van der Waals surface area (Å²) in [5, 5.41) is 5.77. The Kier molecular flexibility index (Phi) is 6.06. The molecule has 3 heteroatoms. The van der Waals surface area contributed by atoms with E-state index in [0.29, 0.717) is 5.41 Å². The molecule has 2 nitrogen and oxygen atoms in total. The molecular formula is C17H30N2S. The number of nitrogens with one attached hydrogen (secondary N) is 1. The summed E-state index contributed by atoms with van der Waals surface area (Å²) in [6.07, 6.45) is 5.39. The molecule has 0 saturated heterocycles. The summed E-state index contributed by atoms with van der Waals surface area (Å²) < 4.78 is 0. The third kappa shape index (κ3) is 4.87. The predicted octanol–water partition coefficient (Wildman–Crippen LogP) is 4.13. The van der Waals surface area contributed by atoms with Crippen molar-refractivity contribution >= 4 is 11.3 Å². The Balaban J connectivity index is 1.96. The van der Waals surface area contributed by atoms with Crippen molar-refractivity contribution in [3.63, 3.8) is 0 Å². The van der Waals surface area contributed by atoms with Crippen molar-refractivity contribution < 1.29 is 0 Å². The van der Waals surface area contributed by atoms with Crippen molar-refractivity contribution in [1.29, 1.82) is 0 Å². The van der Waals surface area contributed by atoms with Gasteiger partial charge in [-0.15, -0.1) is 11.3 Å². The molecule has 0 aromatic carbocycles. The minimum absolute atomic E-state index is 0.407. The van der Waals surface area contributed by atoms with Gasteiger partial charge >= 0.3 is 0 Å². The normalized spacial score (nSPS) is 18.4. The molecule has 1 fully saturated rings. The molecule has 1 saturated carbocycles. The third-order valence-electron chi connectivity index (χ3n) is 4.24. The van der Waals surface area contributed by atoms with E-state index in [1.807, 2.05) is 11.3 Å². The van der Waals surface area contributed by atoms with Crippen molar-refractivity contribution in [3.8, 4) is 0 Å². The van der Waals surface area contributed by atoms with Gasteiger partial charge in [-0.1, -0.05) is 33.3 Å². The minimum atomic E-state index is 0.407. The molecule has 1 unspecified atom stereocenters. The number of nitrogens with zero attached hydrogens (tertiary/aromatic N) is 1. The van der Waals surface area contributed by atoms with E-state index in [1.165, 1.54) is 37.1 Å². The van der Waals surface area contributed by atoms with Gasteiger partial charge in [-0.05, 0) is 42.7 Å². The summed E-state index contributed by atoms with van der Waals surface area (Å²) in [5.74, 6) is 0. The number of rotatable bonds is 10. The van der Waals surface area contributed by atoms with Gasteiger partial charge in [0, 0.05) is 30.6 Å². The van der Waals surface area contributed by atoms with Gasteiger partial charge in [0.25, 0.3) is 0 Å². The first-order valence-corrected chi connectivity index (χ1v) is 9.02. The second-order valence-corrected chi connectivity index (χ2v) is 7.59. The summed E-state index contributed by atoms with van der Waals surface area (Å²) in [5.41, 5.74) is 0.407. The van der Waals surface area contributed by atoms with Crippen molar-refractivity contribution in [3.05, 3.63) is 22.4 Å². The maximum absolute atomic E-state index is 3.57. The molecule has 0 amide bonds. The van der Waals surface area contributed by atoms with Gasteiger partial charge in [0.1, 0.15) is 0 Å². The molecule has 1 aliphatic carbocycles. The van der Waals surface area contributed by atoms with Crippen LogP contribution >= 0.6 is 11.3 Å². The maximum atomic E-state index is 3.57. The highest BCUT2D eigenvalue weighted by Crippen LogP contribution is 2.34. The van der Waals surface area contributed by atoms with Crippen LogP contribution in [0.1, 0.15) is 51.3 Å². The maximum Gasteiger partial charge on any atom is 0.0331 e. The largest absolute Gasteiger partial charge is 0.316 e. The summed E-state index contributed by atoms with van der Waals surface area (Å²) in [4.78, 5) is 4.25. The highest BCUT2D eigenvalue weighted by molar-refractivity contribution is 7.09. The van der Waals surface area contributed by atoms with Gasteiger partial charge in [-0.3, -0.25) is 4.90 Å². The van der Waals surface area contributed by atoms with Crippen LogP contribution in [-0.4, -0.2) is 30.6 Å². The second kappa shape index (κ2) is 7.58. The van der Waals surface area contributed by atoms with Crippen LogP contribution in [0.4, 0.5) is 0 Å². The molecule has 0 bridgehead atoms. The molecule has 20 heavy (non-hydrogen) atoms. The fourth-order valence-corrected chi connectivity index (χ4v) is 3.83. The summed E-state index contributed by atoms with van der Waals surface area (Å²) in [7, 11) is 0. The van der Waals surface area contributed by atoms with E-state index in [1.54, 1.807) is 0 Å². The molecule has 1 aliphatic rings. The highest BCUT2D eigenvalue weighted by Gasteiger charge is 2.34. The Bertz CT molecular complexity index is 372. The first kappa shape index (κ1) is 16.0. The van der Waals surface area contributed by atoms with Crippen molar-refractivity contribution in [2.45, 2.75) is 59.0 Å². The van der Waals surface area contributed by atoms with E-state index in [4.69, 9.17) is 0 Å². The van der Waals surface area contributed by atoms with Gasteiger partial charge in [-0.2, -0.15) is 0 Å². The average molecular weight is 295 g/mol. The van der Waals surface area contributed by atoms with Gasteiger partial charge in [0.05, 0.1) is 0 Å². The molecule has 114 valence electrons. The zero-order valence-electron chi connectivity index (χ0n) is 13.3. The minimum Gasteiger partial charge on any atom is -0.316 e. The Morgan fingerprint density at radius 1 is 1.40 bits per heavy atom. The molecular weight excluding hydrogens is 264 g/mol. The van der Waals surface area contributed by atoms with Crippen LogP contribution < -0.4 is 5.32 Å². The van der Waals surface area contributed by atoms with Crippen LogP contribution in [0.25, 0.3) is 0 Å². The molecule has 0 radical (unpaired) electrons. The lowest BCUT2D eigenvalue weighted by molar-refractivity contribution is 0.138. The zero-order valence-corrected chi connectivity index (χ0v) is 14.1. The van der Waals surface area contributed by atoms with Gasteiger partial charge in [0.15, 0.2) is 0 Å². The summed E-state index contributed by atoms with van der Waals surface area (Å²) in [6, 6.07) is 5.30. The van der Waals surface area contributed by atoms with Crippen LogP contribution in [0, 0.1) is 5.41 Å². The van der Waals surface area contributed by atoms with E-state index < -0.39 is 0 Å². The van der Waals surface area contributed by atoms with E-state index in [2.05, 4.69) is 48.5 Å². The number of hydrogen-bond acceptors (Lipinski definition) is 3. The Hall–Kier alpha value is -0.380. The fourth-order valence-electron chi connectivity index (χ4n) is 3.10. The van der Waals surface area contributed by atoms with Crippen LogP contribution in [0.5, 0.6) is 0 Å². The lowest BCUT2D eigenvalue weighted by atomic mass is 9.84. The second-order valence-electron chi connectivity index (χ2n) is 6.56. The molecule has 0 aliphatic heterocycles. The predicted molar refractivity (Wildman–Crippen MR) is 89.3 cm³/mol. The van der Waals surface area contributed by atoms with E-state index in [-0.39, 0.29) is 0 Å². The first-order valence-electron chi connectivity index (χ1n) is 8.14. The summed E-state index contributed by atoms with van der Waals surface area (Å²) >= 11 is 1.90. The molecule has 1 aromatic heterocycles. The molecule has 1 heterocycles. The van der Waals surface area contributed by atoms with Crippen molar-refractivity contribution in [2.24, 2.45) is 5.41 Å². The molecule has 2 rings (SSSR count). The Labute approximate surface area is 128 Å².